The number of aromatic nitrogens is 2. The molecule has 2 heterocycles. The Morgan fingerprint density at radius 1 is 1.33 bits per heavy atom. The maximum absolute atomic E-state index is 12.1. The average molecular weight is 367 g/mol. The van der Waals surface area contributed by atoms with Crippen LogP contribution >= 0.6 is 0 Å². The molecule has 10 nitrogen and oxygen atoms in total. The lowest BCUT2D eigenvalue weighted by Crippen LogP contribution is -2.22. The van der Waals surface area contributed by atoms with Crippen molar-refractivity contribution in [2.45, 2.75) is 6.54 Å². The number of nitrogens with one attached hydrogen (secondary N) is 1. The second kappa shape index (κ2) is 6.75. The second-order valence-corrected chi connectivity index (χ2v) is 5.68. The number of hydrogen-bond acceptors (Lipinski definition) is 7. The molecule has 0 saturated carbocycles. The highest BCUT2D eigenvalue weighted by Crippen LogP contribution is 2.37. The Labute approximate surface area is 152 Å². The lowest BCUT2D eigenvalue weighted by molar-refractivity contribution is -0.385. The van der Waals surface area contributed by atoms with Crippen molar-refractivity contribution in [3.8, 4) is 11.5 Å². The van der Waals surface area contributed by atoms with Gasteiger partial charge in [-0.05, 0) is 18.2 Å². The van der Waals surface area contributed by atoms with Gasteiger partial charge in [0.15, 0.2) is 11.5 Å². The number of rotatable bonds is 5. The summed E-state index contributed by atoms with van der Waals surface area (Å²) in [6, 6.07) is 10.1. The van der Waals surface area contributed by atoms with Crippen molar-refractivity contribution in [3.05, 3.63) is 58.4 Å². The second-order valence-electron chi connectivity index (χ2n) is 5.68. The number of ether oxygens (including phenoxy) is 2. The van der Waals surface area contributed by atoms with Crippen molar-refractivity contribution >= 4 is 28.8 Å². The van der Waals surface area contributed by atoms with Crippen molar-refractivity contribution in [1.82, 2.24) is 15.0 Å². The van der Waals surface area contributed by atoms with Crippen LogP contribution < -0.4 is 14.9 Å². The van der Waals surface area contributed by atoms with Gasteiger partial charge < -0.3 is 14.0 Å². The van der Waals surface area contributed by atoms with Crippen LogP contribution in [0.5, 0.6) is 11.5 Å². The molecule has 0 spiro atoms. The Bertz CT molecular complexity index is 1070. The molecule has 0 aliphatic carbocycles. The molecule has 10 heteroatoms. The van der Waals surface area contributed by atoms with Crippen LogP contribution in [0, 0.1) is 10.1 Å². The Balaban J connectivity index is 1.47. The Morgan fingerprint density at radius 2 is 2.11 bits per heavy atom. The smallest absolute Gasteiger partial charge is 0.282 e. The number of nitro groups is 1. The molecule has 27 heavy (non-hydrogen) atoms. The van der Waals surface area contributed by atoms with Crippen LogP contribution in [0.15, 0.2) is 47.8 Å². The van der Waals surface area contributed by atoms with E-state index in [1.165, 1.54) is 18.3 Å². The van der Waals surface area contributed by atoms with Gasteiger partial charge >= 0.3 is 0 Å². The maximum atomic E-state index is 12.1. The van der Waals surface area contributed by atoms with Crippen LogP contribution in [-0.4, -0.2) is 33.4 Å². The highest BCUT2D eigenvalue weighted by atomic mass is 16.7. The summed E-state index contributed by atoms with van der Waals surface area (Å²) in [5, 5.41) is 15.0. The van der Waals surface area contributed by atoms with Gasteiger partial charge in [-0.15, -0.1) is 0 Å². The molecule has 1 N–H and O–H groups in total. The number of hydrogen-bond donors (Lipinski definition) is 1. The van der Waals surface area contributed by atoms with Crippen LogP contribution in [-0.2, 0) is 11.3 Å². The lowest BCUT2D eigenvalue weighted by Gasteiger charge is -2.03. The van der Waals surface area contributed by atoms with Crippen molar-refractivity contribution < 1.29 is 19.2 Å². The molecular formula is C17H13N5O5. The van der Waals surface area contributed by atoms with Gasteiger partial charge in [0.05, 0.1) is 40.1 Å². The highest BCUT2D eigenvalue weighted by Gasteiger charge is 2.22. The fraction of sp³-hybridized carbons (Fsp3) is 0.118. The van der Waals surface area contributed by atoms with Gasteiger partial charge in [-0.25, -0.2) is 10.4 Å². The largest absolute Gasteiger partial charge is 0.454 e. The first-order chi connectivity index (χ1) is 13.1. The van der Waals surface area contributed by atoms with Gasteiger partial charge in [-0.2, -0.15) is 5.10 Å². The number of nitro benzene ring substituents is 1. The van der Waals surface area contributed by atoms with Crippen LogP contribution in [0.25, 0.3) is 11.0 Å². The van der Waals surface area contributed by atoms with Gasteiger partial charge in [0.1, 0.15) is 6.54 Å². The molecule has 1 aromatic heterocycles. The molecule has 1 aliphatic heterocycles. The third-order valence-corrected chi connectivity index (χ3v) is 3.95. The van der Waals surface area contributed by atoms with Gasteiger partial charge in [0, 0.05) is 0 Å². The van der Waals surface area contributed by atoms with Crippen LogP contribution in [0.4, 0.5) is 5.69 Å². The number of benzene rings is 2. The van der Waals surface area contributed by atoms with Crippen LogP contribution in [0.1, 0.15) is 5.56 Å². The van der Waals surface area contributed by atoms with E-state index in [2.05, 4.69) is 15.5 Å². The summed E-state index contributed by atoms with van der Waals surface area (Å²) >= 11 is 0. The quantitative estimate of drug-likeness (QED) is 0.417. The van der Waals surface area contributed by atoms with E-state index in [1.54, 1.807) is 10.9 Å². The molecule has 0 atom stereocenters. The summed E-state index contributed by atoms with van der Waals surface area (Å²) < 4.78 is 12.0. The number of nitrogens with zero attached hydrogens (tertiary/aromatic N) is 4. The molecular weight excluding hydrogens is 354 g/mol. The summed E-state index contributed by atoms with van der Waals surface area (Å²) in [5.41, 5.74) is 3.96. The molecule has 0 fully saturated rings. The normalized spacial score (nSPS) is 12.6. The van der Waals surface area contributed by atoms with E-state index in [4.69, 9.17) is 9.47 Å². The molecule has 1 aliphatic rings. The molecule has 0 radical (unpaired) electrons. The van der Waals surface area contributed by atoms with Crippen LogP contribution in [0.2, 0.25) is 0 Å². The maximum Gasteiger partial charge on any atom is 0.282 e. The predicted octanol–water partition coefficient (Wildman–Crippen LogP) is 1.82. The van der Waals surface area contributed by atoms with Gasteiger partial charge in [0.2, 0.25) is 6.79 Å². The van der Waals surface area contributed by atoms with Crippen molar-refractivity contribution in [2.24, 2.45) is 5.10 Å². The Morgan fingerprint density at radius 3 is 2.93 bits per heavy atom. The topological polar surface area (TPSA) is 121 Å². The predicted molar refractivity (Wildman–Crippen MR) is 94.7 cm³/mol. The van der Waals surface area contributed by atoms with Crippen molar-refractivity contribution in [1.29, 1.82) is 0 Å². The van der Waals surface area contributed by atoms with E-state index in [0.717, 1.165) is 11.0 Å². The van der Waals surface area contributed by atoms with E-state index in [1.807, 2.05) is 24.3 Å². The standard InChI is InChI=1S/C17H13N5O5/c23-17(8-21-9-18-12-3-1-2-4-13(12)21)20-19-7-11-5-15-16(27-10-26-15)6-14(11)22(24)25/h1-7,9H,8,10H2,(H,20,23)/b19-7-. The number of para-hydroxylation sites is 2. The molecule has 0 saturated heterocycles. The first-order valence-electron chi connectivity index (χ1n) is 7.91. The molecule has 4 rings (SSSR count). The minimum Gasteiger partial charge on any atom is -0.454 e. The molecule has 136 valence electrons. The fourth-order valence-electron chi connectivity index (χ4n) is 2.71. The zero-order chi connectivity index (χ0) is 18.8. The minimum absolute atomic E-state index is 0.00266. The van der Waals surface area contributed by atoms with Crippen molar-refractivity contribution in [3.63, 3.8) is 0 Å². The van der Waals surface area contributed by atoms with Crippen LogP contribution in [0.3, 0.4) is 0 Å². The molecule has 3 aromatic rings. The first-order valence-corrected chi connectivity index (χ1v) is 7.91. The summed E-state index contributed by atoms with van der Waals surface area (Å²) in [6.07, 6.45) is 2.76. The lowest BCUT2D eigenvalue weighted by atomic mass is 10.1. The molecule has 1 amide bonds. The highest BCUT2D eigenvalue weighted by molar-refractivity contribution is 5.88. The van der Waals surface area contributed by atoms with Gasteiger partial charge in [0.25, 0.3) is 11.6 Å². The zero-order valence-corrected chi connectivity index (χ0v) is 13.9. The molecule has 2 aromatic carbocycles. The average Bonchev–Trinajstić information content (AvgIpc) is 3.27. The van der Waals surface area contributed by atoms with Gasteiger partial charge in [-0.1, -0.05) is 12.1 Å². The zero-order valence-electron chi connectivity index (χ0n) is 13.9. The molecule has 0 bridgehead atoms. The first kappa shape index (κ1) is 16.5. The van der Waals surface area contributed by atoms with Gasteiger partial charge in [-0.3, -0.25) is 14.9 Å². The summed E-state index contributed by atoms with van der Waals surface area (Å²) in [5.74, 6) is 0.297. The number of carbonyl (C=O) groups is 1. The fourth-order valence-corrected chi connectivity index (χ4v) is 2.71. The Hall–Kier alpha value is -3.95. The molecule has 0 unspecified atom stereocenters. The minimum atomic E-state index is -0.553. The van der Waals surface area contributed by atoms with E-state index < -0.39 is 10.8 Å². The number of hydrazone groups is 1. The van der Waals surface area contributed by atoms with E-state index in [-0.39, 0.29) is 24.6 Å². The SMILES string of the molecule is O=C(Cn1cnc2ccccc21)N/N=C\c1cc2c(cc1[N+](=O)[O-])OCO2. The monoisotopic (exact) mass is 367 g/mol. The number of amides is 1. The number of imidazole rings is 1. The third kappa shape index (κ3) is 3.27. The summed E-state index contributed by atoms with van der Waals surface area (Å²) in [4.78, 5) is 27.0. The van der Waals surface area contributed by atoms with E-state index in [0.29, 0.717) is 11.5 Å². The van der Waals surface area contributed by atoms with E-state index >= 15 is 0 Å². The summed E-state index contributed by atoms with van der Waals surface area (Å²) in [6.45, 7) is 0.0176. The number of carbonyl (C=O) groups excluding carboxylic acids is 1. The van der Waals surface area contributed by atoms with Crippen molar-refractivity contribution in [2.75, 3.05) is 6.79 Å². The summed E-state index contributed by atoms with van der Waals surface area (Å²) in [7, 11) is 0. The Kier molecular flexibility index (Phi) is 4.13. The third-order valence-electron chi connectivity index (χ3n) is 3.95. The number of fused-ring (bicyclic) bond motifs is 2. The van der Waals surface area contributed by atoms with E-state index in [9.17, 15) is 14.9 Å².